The molecule has 1 atom stereocenters. The Hall–Kier alpha value is -2.82. The van der Waals surface area contributed by atoms with E-state index < -0.39 is 5.60 Å². The number of likely N-dealkylation sites (tertiary alicyclic amines) is 1. The number of amides is 1. The lowest BCUT2D eigenvalue weighted by molar-refractivity contribution is -0.0442. The molecule has 0 saturated carbocycles. The van der Waals surface area contributed by atoms with Crippen molar-refractivity contribution in [1.82, 2.24) is 4.90 Å². The molecule has 2 aliphatic rings. The average molecular weight is 351 g/mol. The Morgan fingerprint density at radius 2 is 1.96 bits per heavy atom. The minimum atomic E-state index is -0.734. The molecule has 0 aromatic heterocycles. The Kier molecular flexibility index (Phi) is 4.15. The van der Waals surface area contributed by atoms with Gasteiger partial charge in [0, 0.05) is 12.1 Å². The lowest BCUT2D eigenvalue weighted by Gasteiger charge is -2.39. The molecule has 26 heavy (non-hydrogen) atoms. The highest BCUT2D eigenvalue weighted by molar-refractivity contribution is 5.98. The van der Waals surface area contributed by atoms with Crippen LogP contribution in [0.1, 0.15) is 46.0 Å². The van der Waals surface area contributed by atoms with Crippen LogP contribution in [-0.2, 0) is 10.3 Å². The van der Waals surface area contributed by atoms with Gasteiger partial charge in [-0.15, -0.1) is 0 Å². The molecule has 1 unspecified atom stereocenters. The minimum absolute atomic E-state index is 0.0893. The van der Waals surface area contributed by atoms with Crippen molar-refractivity contribution in [1.29, 1.82) is 0 Å². The summed E-state index contributed by atoms with van der Waals surface area (Å²) >= 11 is 0. The monoisotopic (exact) mass is 351 g/mol. The van der Waals surface area contributed by atoms with Gasteiger partial charge in [0.2, 0.25) is 0 Å². The molecule has 0 bridgehead atoms. The lowest BCUT2D eigenvalue weighted by Crippen LogP contribution is -2.48. The van der Waals surface area contributed by atoms with Crippen molar-refractivity contribution < 1.29 is 19.1 Å². The Bertz CT molecular complexity index is 863. The molecule has 1 amide bonds. The van der Waals surface area contributed by atoms with Gasteiger partial charge in [-0.1, -0.05) is 30.3 Å². The number of ether oxygens (including phenoxy) is 2. The van der Waals surface area contributed by atoms with E-state index in [1.807, 2.05) is 37.3 Å². The van der Waals surface area contributed by atoms with Crippen LogP contribution < -0.4 is 4.74 Å². The van der Waals surface area contributed by atoms with Crippen molar-refractivity contribution in [3.63, 3.8) is 0 Å². The molecule has 2 aliphatic heterocycles. The Morgan fingerprint density at radius 1 is 1.19 bits per heavy atom. The predicted molar refractivity (Wildman–Crippen MR) is 96.3 cm³/mol. The Morgan fingerprint density at radius 3 is 2.81 bits per heavy atom. The van der Waals surface area contributed by atoms with Gasteiger partial charge in [-0.3, -0.25) is 4.79 Å². The number of benzene rings is 2. The number of carbonyl (C=O) groups is 2. The van der Waals surface area contributed by atoms with Gasteiger partial charge in [0.15, 0.2) is 5.60 Å². The molecule has 0 aliphatic carbocycles. The molecule has 4 rings (SSSR count). The number of rotatable bonds is 3. The van der Waals surface area contributed by atoms with Crippen LogP contribution in [0.25, 0.3) is 0 Å². The fraction of sp³-hybridized carbons (Fsp3) is 0.333. The summed E-state index contributed by atoms with van der Waals surface area (Å²) in [4.78, 5) is 27.2. The second-order valence-electron chi connectivity index (χ2n) is 6.69. The number of hydrogen-bond acceptors (Lipinski definition) is 4. The van der Waals surface area contributed by atoms with E-state index in [4.69, 9.17) is 9.47 Å². The normalized spacial score (nSPS) is 21.4. The summed E-state index contributed by atoms with van der Waals surface area (Å²) in [7, 11) is 0. The van der Waals surface area contributed by atoms with Gasteiger partial charge in [-0.05, 0) is 38.0 Å². The second-order valence-corrected chi connectivity index (χ2v) is 6.69. The van der Waals surface area contributed by atoms with Crippen molar-refractivity contribution in [2.45, 2.75) is 25.4 Å². The summed E-state index contributed by atoms with van der Waals surface area (Å²) in [5.74, 6) is 0.196. The molecule has 0 N–H and O–H groups in total. The maximum absolute atomic E-state index is 13.1. The zero-order valence-electron chi connectivity index (χ0n) is 14.7. The van der Waals surface area contributed by atoms with Crippen LogP contribution in [0.3, 0.4) is 0 Å². The van der Waals surface area contributed by atoms with Gasteiger partial charge in [-0.25, -0.2) is 4.79 Å². The molecule has 1 fully saturated rings. The number of esters is 1. The first-order valence-electron chi connectivity index (χ1n) is 8.98. The van der Waals surface area contributed by atoms with Gasteiger partial charge in [0.25, 0.3) is 5.91 Å². The predicted octanol–water partition coefficient (Wildman–Crippen LogP) is 3.39. The van der Waals surface area contributed by atoms with E-state index in [0.717, 1.165) is 18.4 Å². The molecule has 0 radical (unpaired) electrons. The van der Waals surface area contributed by atoms with E-state index >= 15 is 0 Å². The average Bonchev–Trinajstić information content (AvgIpc) is 2.94. The van der Waals surface area contributed by atoms with Gasteiger partial charge < -0.3 is 14.4 Å². The molecule has 1 spiro atoms. The summed E-state index contributed by atoms with van der Waals surface area (Å²) < 4.78 is 11.4. The quantitative estimate of drug-likeness (QED) is 0.796. The highest BCUT2D eigenvalue weighted by Gasteiger charge is 2.48. The second kappa shape index (κ2) is 6.48. The molecule has 1 saturated heterocycles. The SMILES string of the molecule is CCOc1ccccc1C(=O)N1CCCC2(C1)OC(=O)c1ccccc12. The Labute approximate surface area is 152 Å². The van der Waals surface area contributed by atoms with E-state index in [-0.39, 0.29) is 11.9 Å². The number of nitrogens with zero attached hydrogens (tertiary/aromatic N) is 1. The van der Waals surface area contributed by atoms with Crippen molar-refractivity contribution >= 4 is 11.9 Å². The molecule has 2 aromatic carbocycles. The van der Waals surface area contributed by atoms with Gasteiger partial charge >= 0.3 is 5.97 Å². The van der Waals surface area contributed by atoms with Crippen LogP contribution in [0.4, 0.5) is 0 Å². The summed E-state index contributed by atoms with van der Waals surface area (Å²) in [6.45, 7) is 3.40. The molecule has 5 nitrogen and oxygen atoms in total. The fourth-order valence-electron chi connectivity index (χ4n) is 3.94. The Balaban J connectivity index is 1.64. The number of fused-ring (bicyclic) bond motifs is 2. The smallest absolute Gasteiger partial charge is 0.339 e. The molecule has 2 aromatic rings. The third kappa shape index (κ3) is 2.64. The first-order valence-corrected chi connectivity index (χ1v) is 8.98. The molecular weight excluding hydrogens is 330 g/mol. The topological polar surface area (TPSA) is 55.8 Å². The fourth-order valence-corrected chi connectivity index (χ4v) is 3.94. The first-order chi connectivity index (χ1) is 12.6. The van der Waals surface area contributed by atoms with Crippen molar-refractivity contribution in [2.75, 3.05) is 19.7 Å². The van der Waals surface area contributed by atoms with E-state index in [1.54, 1.807) is 23.1 Å². The van der Waals surface area contributed by atoms with E-state index in [9.17, 15) is 9.59 Å². The van der Waals surface area contributed by atoms with Crippen molar-refractivity contribution in [2.24, 2.45) is 0 Å². The van der Waals surface area contributed by atoms with Crippen LogP contribution in [-0.4, -0.2) is 36.5 Å². The number of para-hydroxylation sites is 1. The standard InChI is InChI=1S/C21H21NO4/c1-2-25-18-11-6-4-9-16(18)19(23)22-13-7-12-21(14-22)17-10-5-3-8-15(17)20(24)26-21/h3-6,8-11H,2,7,12-14H2,1H3. The van der Waals surface area contributed by atoms with Crippen LogP contribution in [0.5, 0.6) is 5.75 Å². The van der Waals surface area contributed by atoms with Crippen LogP contribution in [0, 0.1) is 0 Å². The third-order valence-electron chi connectivity index (χ3n) is 5.09. The van der Waals surface area contributed by atoms with Crippen molar-refractivity contribution in [3.05, 3.63) is 65.2 Å². The number of piperidine rings is 1. The van der Waals surface area contributed by atoms with Crippen LogP contribution in [0.2, 0.25) is 0 Å². The van der Waals surface area contributed by atoms with E-state index in [0.29, 0.717) is 36.6 Å². The highest BCUT2D eigenvalue weighted by Crippen LogP contribution is 2.43. The van der Waals surface area contributed by atoms with E-state index in [2.05, 4.69) is 0 Å². The maximum Gasteiger partial charge on any atom is 0.339 e. The summed E-state index contributed by atoms with van der Waals surface area (Å²) in [6, 6.07) is 14.7. The van der Waals surface area contributed by atoms with Gasteiger partial charge in [0.05, 0.1) is 24.3 Å². The first kappa shape index (κ1) is 16.6. The van der Waals surface area contributed by atoms with Crippen LogP contribution in [0.15, 0.2) is 48.5 Å². The van der Waals surface area contributed by atoms with Gasteiger partial charge in [0.1, 0.15) is 5.75 Å². The maximum atomic E-state index is 13.1. The minimum Gasteiger partial charge on any atom is -0.493 e. The zero-order valence-corrected chi connectivity index (χ0v) is 14.7. The largest absolute Gasteiger partial charge is 0.493 e. The summed E-state index contributed by atoms with van der Waals surface area (Å²) in [6.07, 6.45) is 1.51. The molecular formula is C21H21NO4. The van der Waals surface area contributed by atoms with Crippen molar-refractivity contribution in [3.8, 4) is 5.75 Å². The van der Waals surface area contributed by atoms with Crippen LogP contribution >= 0.6 is 0 Å². The zero-order chi connectivity index (χ0) is 18.1. The lowest BCUT2D eigenvalue weighted by atomic mass is 9.85. The summed E-state index contributed by atoms with van der Waals surface area (Å²) in [5, 5.41) is 0. The van der Waals surface area contributed by atoms with Gasteiger partial charge in [-0.2, -0.15) is 0 Å². The highest BCUT2D eigenvalue weighted by atomic mass is 16.6. The molecule has 2 heterocycles. The third-order valence-corrected chi connectivity index (χ3v) is 5.09. The van der Waals surface area contributed by atoms with E-state index in [1.165, 1.54) is 0 Å². The number of hydrogen-bond donors (Lipinski definition) is 0. The molecule has 134 valence electrons. The summed E-state index contributed by atoms with van der Waals surface area (Å²) in [5.41, 5.74) is 1.31. The number of carbonyl (C=O) groups excluding carboxylic acids is 2. The molecule has 5 heteroatoms.